The van der Waals surface area contributed by atoms with E-state index in [4.69, 9.17) is 19.4 Å². The Bertz CT molecular complexity index is 4210. The maximum absolute atomic E-state index is 6.68. The van der Waals surface area contributed by atoms with Crippen molar-refractivity contribution in [3.63, 3.8) is 0 Å². The van der Waals surface area contributed by atoms with Crippen molar-refractivity contribution in [2.75, 3.05) is 0 Å². The Morgan fingerprint density at radius 2 is 0.765 bits per heavy atom. The zero-order valence-corrected chi connectivity index (χ0v) is 36.6. The summed E-state index contributed by atoms with van der Waals surface area (Å²) in [6.45, 7) is 0. The number of hydrogen-bond acceptors (Lipinski definition) is 4. The Morgan fingerprint density at radius 1 is 0.279 bits per heavy atom. The number of furan rings is 1. The summed E-state index contributed by atoms with van der Waals surface area (Å²) in [5, 5.41) is 12.1. The van der Waals surface area contributed by atoms with Gasteiger partial charge in [0.25, 0.3) is 0 Å². The van der Waals surface area contributed by atoms with Crippen LogP contribution in [-0.2, 0) is 0 Å². The van der Waals surface area contributed by atoms with Crippen LogP contribution in [-0.4, -0.2) is 19.5 Å². The van der Waals surface area contributed by atoms with Gasteiger partial charge in [-0.3, -0.25) is 0 Å². The minimum Gasteiger partial charge on any atom is -0.456 e. The first kappa shape index (κ1) is 38.1. The summed E-state index contributed by atoms with van der Waals surface area (Å²) in [5.74, 6) is 1.80. The molecule has 0 bridgehead atoms. The van der Waals surface area contributed by atoms with Crippen molar-refractivity contribution in [1.29, 1.82) is 0 Å². The molecule has 0 spiro atoms. The lowest BCUT2D eigenvalue weighted by molar-refractivity contribution is 0.669. The highest BCUT2D eigenvalue weighted by Crippen LogP contribution is 2.44. The Balaban J connectivity index is 0.982. The normalized spacial score (nSPS) is 11.8. The number of benzene rings is 11. The second kappa shape index (κ2) is 15.2. The molecule has 3 aromatic heterocycles. The predicted octanol–water partition coefficient (Wildman–Crippen LogP) is 16.7. The third kappa shape index (κ3) is 6.06. The van der Waals surface area contributed by atoms with Gasteiger partial charge < -0.3 is 8.98 Å². The lowest BCUT2D eigenvalue weighted by Crippen LogP contribution is -2.00. The Labute approximate surface area is 390 Å². The van der Waals surface area contributed by atoms with Crippen LogP contribution in [0.25, 0.3) is 138 Å². The first-order valence-electron chi connectivity index (χ1n) is 23.0. The smallest absolute Gasteiger partial charge is 0.164 e. The summed E-state index contributed by atoms with van der Waals surface area (Å²) in [6, 6.07) is 81.8. The quantitative estimate of drug-likeness (QED) is 0.156. The number of fused-ring (bicyclic) bond motifs is 12. The number of aromatic nitrogens is 4. The van der Waals surface area contributed by atoms with Gasteiger partial charge in [0.05, 0.1) is 11.0 Å². The number of para-hydroxylation sites is 2. The van der Waals surface area contributed by atoms with Crippen LogP contribution in [0.4, 0.5) is 0 Å². The molecule has 14 aromatic rings. The molecule has 0 saturated carbocycles. The van der Waals surface area contributed by atoms with Gasteiger partial charge in [-0.1, -0.05) is 176 Å². The Kier molecular flexibility index (Phi) is 8.52. The Hall–Kier alpha value is -9.19. The van der Waals surface area contributed by atoms with Gasteiger partial charge in [0.2, 0.25) is 0 Å². The molecule has 68 heavy (non-hydrogen) atoms. The molecule has 5 nitrogen and oxygen atoms in total. The van der Waals surface area contributed by atoms with Crippen LogP contribution in [0.5, 0.6) is 0 Å². The zero-order valence-electron chi connectivity index (χ0n) is 36.6. The van der Waals surface area contributed by atoms with Crippen LogP contribution < -0.4 is 0 Å². The maximum Gasteiger partial charge on any atom is 0.164 e. The predicted molar refractivity (Wildman–Crippen MR) is 281 cm³/mol. The van der Waals surface area contributed by atoms with E-state index in [1.165, 1.54) is 48.8 Å². The minimum absolute atomic E-state index is 0.575. The standard InChI is InChI=1S/C63H38N4O/c1-4-16-39(17-5-1)61-64-62(40-18-6-2-7-19-40)66-63(65-61)44-36-53(60-52-26-14-15-27-58(52)68-59(60)38-44)43-30-33-56-55(35-43)51-32-29-42(37-57(51)67(56)45-20-8-3-9-21-45)41-28-31-50-48-24-11-10-22-46(48)47-23-12-13-25-49(47)54(50)34-41/h1-38H. The minimum atomic E-state index is 0.575. The van der Waals surface area contributed by atoms with Gasteiger partial charge >= 0.3 is 0 Å². The highest BCUT2D eigenvalue weighted by molar-refractivity contribution is 6.26. The van der Waals surface area contributed by atoms with Gasteiger partial charge in [-0.05, 0) is 109 Å². The molecule has 0 aliphatic heterocycles. The van der Waals surface area contributed by atoms with E-state index in [9.17, 15) is 0 Å². The molecule has 14 rings (SSSR count). The second-order valence-corrected chi connectivity index (χ2v) is 17.5. The van der Waals surface area contributed by atoms with E-state index < -0.39 is 0 Å². The molecule has 0 N–H and O–H groups in total. The average Bonchev–Trinajstić information content (AvgIpc) is 3.96. The highest BCUT2D eigenvalue weighted by Gasteiger charge is 2.21. The zero-order chi connectivity index (χ0) is 44.7. The molecule has 0 atom stereocenters. The Morgan fingerprint density at radius 3 is 1.41 bits per heavy atom. The van der Waals surface area contributed by atoms with E-state index in [0.717, 1.165) is 71.9 Å². The van der Waals surface area contributed by atoms with Crippen molar-refractivity contribution in [3.8, 4) is 62.1 Å². The molecule has 11 aromatic carbocycles. The third-order valence-corrected chi connectivity index (χ3v) is 13.6. The van der Waals surface area contributed by atoms with Crippen molar-refractivity contribution in [1.82, 2.24) is 19.5 Å². The molecule has 0 fully saturated rings. The van der Waals surface area contributed by atoms with Gasteiger partial charge in [-0.2, -0.15) is 0 Å². The molecular weight excluding hydrogens is 829 g/mol. The van der Waals surface area contributed by atoms with Crippen molar-refractivity contribution < 1.29 is 4.42 Å². The van der Waals surface area contributed by atoms with E-state index in [1.807, 2.05) is 72.8 Å². The third-order valence-electron chi connectivity index (χ3n) is 13.6. The molecular formula is C63H38N4O. The van der Waals surface area contributed by atoms with Gasteiger partial charge in [0.15, 0.2) is 17.5 Å². The van der Waals surface area contributed by atoms with E-state index in [0.29, 0.717) is 17.5 Å². The topological polar surface area (TPSA) is 56.7 Å². The largest absolute Gasteiger partial charge is 0.456 e. The van der Waals surface area contributed by atoms with Crippen LogP contribution in [0.15, 0.2) is 235 Å². The van der Waals surface area contributed by atoms with Crippen LogP contribution in [0.3, 0.4) is 0 Å². The average molecular weight is 867 g/mol. The summed E-state index contributed by atoms with van der Waals surface area (Å²) in [5.41, 5.74) is 12.1. The summed E-state index contributed by atoms with van der Waals surface area (Å²) < 4.78 is 9.08. The van der Waals surface area contributed by atoms with Crippen LogP contribution in [0.2, 0.25) is 0 Å². The molecule has 0 aliphatic rings. The van der Waals surface area contributed by atoms with Gasteiger partial charge in [-0.15, -0.1) is 0 Å². The van der Waals surface area contributed by atoms with Gasteiger partial charge in [0.1, 0.15) is 11.2 Å². The van der Waals surface area contributed by atoms with Crippen LogP contribution in [0.1, 0.15) is 0 Å². The number of hydrogen-bond donors (Lipinski definition) is 0. The first-order valence-corrected chi connectivity index (χ1v) is 23.0. The highest BCUT2D eigenvalue weighted by atomic mass is 16.3. The summed E-state index contributed by atoms with van der Waals surface area (Å²) in [6.07, 6.45) is 0. The maximum atomic E-state index is 6.68. The first-order chi connectivity index (χ1) is 33.7. The van der Waals surface area contributed by atoms with Gasteiger partial charge in [0, 0.05) is 43.9 Å². The molecule has 316 valence electrons. The van der Waals surface area contributed by atoms with Crippen molar-refractivity contribution in [2.24, 2.45) is 0 Å². The fraction of sp³-hybridized carbons (Fsp3) is 0. The lowest BCUT2D eigenvalue weighted by Gasteiger charge is -2.12. The second-order valence-electron chi connectivity index (χ2n) is 17.5. The van der Waals surface area contributed by atoms with E-state index in [2.05, 4.69) is 162 Å². The van der Waals surface area contributed by atoms with Crippen molar-refractivity contribution in [3.05, 3.63) is 231 Å². The number of rotatable bonds is 6. The lowest BCUT2D eigenvalue weighted by atomic mass is 9.92. The van der Waals surface area contributed by atoms with Crippen molar-refractivity contribution in [2.45, 2.75) is 0 Å². The summed E-state index contributed by atoms with van der Waals surface area (Å²) in [7, 11) is 0. The molecule has 0 radical (unpaired) electrons. The van der Waals surface area contributed by atoms with E-state index in [-0.39, 0.29) is 0 Å². The van der Waals surface area contributed by atoms with Crippen molar-refractivity contribution >= 4 is 76.1 Å². The monoisotopic (exact) mass is 866 g/mol. The fourth-order valence-corrected chi connectivity index (χ4v) is 10.5. The molecule has 0 aliphatic carbocycles. The molecule has 0 saturated heterocycles. The van der Waals surface area contributed by atoms with E-state index in [1.54, 1.807) is 0 Å². The molecule has 3 heterocycles. The molecule has 0 unspecified atom stereocenters. The number of nitrogens with zero attached hydrogens (tertiary/aromatic N) is 4. The van der Waals surface area contributed by atoms with Crippen LogP contribution in [0, 0.1) is 0 Å². The van der Waals surface area contributed by atoms with Crippen LogP contribution >= 0.6 is 0 Å². The molecule has 5 heteroatoms. The summed E-state index contributed by atoms with van der Waals surface area (Å²) in [4.78, 5) is 15.2. The fourth-order valence-electron chi connectivity index (χ4n) is 10.5. The molecule has 0 amide bonds. The van der Waals surface area contributed by atoms with Gasteiger partial charge in [-0.25, -0.2) is 15.0 Å². The van der Waals surface area contributed by atoms with E-state index >= 15 is 0 Å². The summed E-state index contributed by atoms with van der Waals surface area (Å²) >= 11 is 0. The SMILES string of the molecule is c1ccc(-c2nc(-c3ccccc3)nc(-c3cc(-c4ccc5c(c4)c4ccc(-c6ccc7c8ccccc8c8ccccc8c7c6)cc4n5-c4ccccc4)c4c(c3)oc3ccccc34)n2)cc1.